The summed E-state index contributed by atoms with van der Waals surface area (Å²) in [4.78, 5) is 16.8. The number of aryl methyl sites for hydroxylation is 2. The van der Waals surface area contributed by atoms with E-state index in [1.807, 2.05) is 63.2 Å². The van der Waals surface area contributed by atoms with Crippen molar-refractivity contribution in [3.63, 3.8) is 0 Å². The van der Waals surface area contributed by atoms with E-state index >= 15 is 0 Å². The van der Waals surface area contributed by atoms with Gasteiger partial charge in [0.15, 0.2) is 11.5 Å². The molecule has 0 aliphatic carbocycles. The zero-order valence-electron chi connectivity index (χ0n) is 17.6. The number of para-hydroxylation sites is 1. The Labute approximate surface area is 171 Å². The molecule has 152 valence electrons. The Balaban J connectivity index is 0.00000117. The molecule has 3 aromatic rings. The van der Waals surface area contributed by atoms with Crippen LogP contribution in [-0.4, -0.2) is 23.8 Å². The first-order chi connectivity index (χ1) is 14.1. The molecule has 2 aromatic carbocycles. The third-order valence-electron chi connectivity index (χ3n) is 4.91. The highest BCUT2D eigenvalue weighted by Gasteiger charge is 2.21. The first-order valence-corrected chi connectivity index (χ1v) is 9.80. The van der Waals surface area contributed by atoms with Crippen molar-refractivity contribution in [3.8, 4) is 22.8 Å². The number of aromatic nitrogens is 2. The van der Waals surface area contributed by atoms with Crippen molar-refractivity contribution in [2.75, 3.05) is 19.5 Å². The molecule has 1 aliphatic heterocycles. The summed E-state index contributed by atoms with van der Waals surface area (Å²) in [6.07, 6.45) is 0.745. The molecule has 0 atom stereocenters. The maximum absolute atomic E-state index is 12.6. The van der Waals surface area contributed by atoms with E-state index in [2.05, 4.69) is 10.3 Å². The van der Waals surface area contributed by atoms with Gasteiger partial charge in [0.2, 0.25) is 0 Å². The van der Waals surface area contributed by atoms with Gasteiger partial charge in [-0.1, -0.05) is 32.0 Å². The molecule has 1 aromatic heterocycles. The highest BCUT2D eigenvalue weighted by atomic mass is 16.5. The van der Waals surface area contributed by atoms with Crippen LogP contribution >= 0.6 is 0 Å². The van der Waals surface area contributed by atoms with Gasteiger partial charge in [0.1, 0.15) is 5.82 Å². The number of benzene rings is 2. The second-order valence-electron chi connectivity index (χ2n) is 6.52. The van der Waals surface area contributed by atoms with E-state index in [-0.39, 0.29) is 5.69 Å². The fourth-order valence-electron chi connectivity index (χ4n) is 3.46. The van der Waals surface area contributed by atoms with E-state index in [0.29, 0.717) is 23.9 Å². The molecule has 0 fully saturated rings. The minimum atomic E-state index is -0.260. The van der Waals surface area contributed by atoms with E-state index in [4.69, 9.17) is 9.47 Å². The molecular weight excluding hydrogens is 366 g/mol. The summed E-state index contributed by atoms with van der Waals surface area (Å²) in [7, 11) is 3.23. The number of nitrogens with one attached hydrogen (secondary N) is 1. The molecule has 29 heavy (non-hydrogen) atoms. The van der Waals surface area contributed by atoms with Crippen molar-refractivity contribution < 1.29 is 9.47 Å². The Kier molecular flexibility index (Phi) is 6.22. The van der Waals surface area contributed by atoms with Crippen molar-refractivity contribution in [2.24, 2.45) is 0 Å². The zero-order valence-corrected chi connectivity index (χ0v) is 17.6. The van der Waals surface area contributed by atoms with Gasteiger partial charge in [0.25, 0.3) is 0 Å². The maximum Gasteiger partial charge on any atom is 0.350 e. The molecular formula is C23H27N3O3. The second-order valence-corrected chi connectivity index (χ2v) is 6.52. The monoisotopic (exact) mass is 393 g/mol. The van der Waals surface area contributed by atoms with E-state index < -0.39 is 0 Å². The molecule has 0 saturated carbocycles. The minimum absolute atomic E-state index is 0.260. The quantitative estimate of drug-likeness (QED) is 0.704. The van der Waals surface area contributed by atoms with Crippen molar-refractivity contribution in [3.05, 3.63) is 64.1 Å². The number of methoxy groups -OCH3 is 2. The molecule has 0 spiro atoms. The molecule has 0 amide bonds. The summed E-state index contributed by atoms with van der Waals surface area (Å²) in [6.45, 7) is 6.61. The predicted octanol–water partition coefficient (Wildman–Crippen LogP) is 4.56. The molecule has 0 saturated heterocycles. The van der Waals surface area contributed by atoms with Gasteiger partial charge in [-0.15, -0.1) is 0 Å². The topological polar surface area (TPSA) is 65.4 Å². The molecule has 4 rings (SSSR count). The summed E-state index contributed by atoms with van der Waals surface area (Å²) >= 11 is 0. The number of rotatable bonds is 4. The van der Waals surface area contributed by atoms with Crippen LogP contribution in [0.5, 0.6) is 11.5 Å². The highest BCUT2D eigenvalue weighted by Crippen LogP contribution is 2.38. The molecule has 0 unspecified atom stereocenters. The Morgan fingerprint density at radius 2 is 1.72 bits per heavy atom. The number of hydrogen-bond acceptors (Lipinski definition) is 5. The summed E-state index contributed by atoms with van der Waals surface area (Å²) in [5.74, 6) is 1.87. The summed E-state index contributed by atoms with van der Waals surface area (Å²) < 4.78 is 12.6. The molecule has 1 N–H and O–H groups in total. The average Bonchev–Trinajstić information content (AvgIpc) is 2.75. The van der Waals surface area contributed by atoms with Gasteiger partial charge in [0.05, 0.1) is 19.9 Å². The van der Waals surface area contributed by atoms with Crippen LogP contribution in [0, 0.1) is 6.92 Å². The lowest BCUT2D eigenvalue weighted by Crippen LogP contribution is -2.28. The molecule has 1 aliphatic rings. The Bertz CT molecular complexity index is 1070. The van der Waals surface area contributed by atoms with Gasteiger partial charge in [-0.3, -0.25) is 4.57 Å². The van der Waals surface area contributed by atoms with Gasteiger partial charge in [-0.25, -0.2) is 4.79 Å². The highest BCUT2D eigenvalue weighted by molar-refractivity contribution is 5.73. The first kappa shape index (κ1) is 20.5. The van der Waals surface area contributed by atoms with Crippen LogP contribution in [0.3, 0.4) is 0 Å². The Hall–Kier alpha value is -3.28. The Morgan fingerprint density at radius 1 is 1.03 bits per heavy atom. The molecule has 6 nitrogen and oxygen atoms in total. The Morgan fingerprint density at radius 3 is 2.41 bits per heavy atom. The maximum atomic E-state index is 12.6. The minimum Gasteiger partial charge on any atom is -0.493 e. The van der Waals surface area contributed by atoms with Crippen LogP contribution < -0.4 is 20.5 Å². The van der Waals surface area contributed by atoms with Crippen LogP contribution in [0.4, 0.5) is 11.5 Å². The lowest BCUT2D eigenvalue weighted by molar-refractivity contribution is 0.354. The van der Waals surface area contributed by atoms with E-state index in [1.54, 1.807) is 18.8 Å². The lowest BCUT2D eigenvalue weighted by atomic mass is 9.97. The molecule has 2 heterocycles. The summed E-state index contributed by atoms with van der Waals surface area (Å²) in [5.41, 5.74) is 4.67. The lowest BCUT2D eigenvalue weighted by Gasteiger charge is -2.23. The normalized spacial score (nSPS) is 11.5. The van der Waals surface area contributed by atoms with Crippen LogP contribution in [0.2, 0.25) is 0 Å². The third-order valence-corrected chi connectivity index (χ3v) is 4.91. The van der Waals surface area contributed by atoms with Crippen LogP contribution in [-0.2, 0) is 13.0 Å². The number of fused-ring (bicyclic) bond motifs is 3. The molecule has 0 bridgehead atoms. The molecule has 0 radical (unpaired) electrons. The second kappa shape index (κ2) is 8.82. The number of nitrogens with zero attached hydrogens (tertiary/aromatic N) is 2. The van der Waals surface area contributed by atoms with E-state index in [0.717, 1.165) is 34.5 Å². The SMILES string of the molecule is CC.COc1cc2c(cc1OC)-c1cc(Nc3ccccc3C)nc(=O)n1CC2. The third kappa shape index (κ3) is 3.97. The van der Waals surface area contributed by atoms with Gasteiger partial charge < -0.3 is 14.8 Å². The fourth-order valence-corrected chi connectivity index (χ4v) is 3.46. The summed E-state index contributed by atoms with van der Waals surface area (Å²) in [5, 5.41) is 3.26. The van der Waals surface area contributed by atoms with Gasteiger partial charge >= 0.3 is 5.69 Å². The van der Waals surface area contributed by atoms with Crippen molar-refractivity contribution >= 4 is 11.5 Å². The number of ether oxygens (including phenoxy) is 2. The van der Waals surface area contributed by atoms with Crippen LogP contribution in [0.15, 0.2) is 47.3 Å². The predicted molar refractivity (Wildman–Crippen MR) is 117 cm³/mol. The zero-order chi connectivity index (χ0) is 21.0. The van der Waals surface area contributed by atoms with E-state index in [9.17, 15) is 4.79 Å². The number of anilines is 2. The van der Waals surface area contributed by atoms with Crippen LogP contribution in [0.25, 0.3) is 11.3 Å². The average molecular weight is 393 g/mol. The van der Waals surface area contributed by atoms with Crippen molar-refractivity contribution in [1.29, 1.82) is 0 Å². The van der Waals surface area contributed by atoms with Gasteiger partial charge in [-0.2, -0.15) is 4.98 Å². The number of hydrogen-bond donors (Lipinski definition) is 1. The van der Waals surface area contributed by atoms with Crippen LogP contribution in [0.1, 0.15) is 25.0 Å². The standard InChI is InChI=1S/C21H21N3O3.C2H6/c1-13-6-4-5-7-16(13)22-20-12-17-15-11-19(27-3)18(26-2)10-14(15)8-9-24(17)21(25)23-20;1-2/h4-7,10-12H,8-9H2,1-3H3,(H,22,23,25);1-2H3. The van der Waals surface area contributed by atoms with Gasteiger partial charge in [0, 0.05) is 23.9 Å². The molecule has 6 heteroatoms. The summed E-state index contributed by atoms with van der Waals surface area (Å²) in [6, 6.07) is 13.7. The van der Waals surface area contributed by atoms with Crippen molar-refractivity contribution in [1.82, 2.24) is 9.55 Å². The fraction of sp³-hybridized carbons (Fsp3) is 0.304. The first-order valence-electron chi connectivity index (χ1n) is 9.80. The van der Waals surface area contributed by atoms with Crippen molar-refractivity contribution in [2.45, 2.75) is 33.7 Å². The van der Waals surface area contributed by atoms with Gasteiger partial charge in [-0.05, 0) is 42.7 Å². The smallest absolute Gasteiger partial charge is 0.350 e. The largest absolute Gasteiger partial charge is 0.493 e. The van der Waals surface area contributed by atoms with E-state index in [1.165, 1.54) is 0 Å².